The standard InChI is InChI=1S/C27H38N2.2C2H6/c1-17(2)22-13-14-23(18(3)4)28(22)26-11-10-12-27(21(26)9)29-24(19(5)6)15-16-25(29)20(7)8;2*1-2/h10-20H,1-9H3;2*1-2H3. The van der Waals surface area contributed by atoms with Gasteiger partial charge in [0.2, 0.25) is 0 Å². The van der Waals surface area contributed by atoms with Crippen LogP contribution in [0.1, 0.15) is 135 Å². The Labute approximate surface area is 205 Å². The molecule has 1 aromatic carbocycles. The average Bonchev–Trinajstić information content (AvgIpc) is 3.42. The Morgan fingerprint density at radius 3 is 0.909 bits per heavy atom. The highest BCUT2D eigenvalue weighted by Crippen LogP contribution is 2.34. The van der Waals surface area contributed by atoms with Crippen molar-refractivity contribution in [1.29, 1.82) is 0 Å². The van der Waals surface area contributed by atoms with Crippen LogP contribution in [-0.4, -0.2) is 9.13 Å². The minimum Gasteiger partial charge on any atom is -0.317 e. The molecule has 0 aliphatic carbocycles. The second kappa shape index (κ2) is 12.9. The maximum Gasteiger partial charge on any atom is 0.0505 e. The Kier molecular flexibility index (Phi) is 11.2. The van der Waals surface area contributed by atoms with Gasteiger partial charge in [0, 0.05) is 22.8 Å². The lowest BCUT2D eigenvalue weighted by molar-refractivity contribution is 0.715. The molecular weight excluding hydrogens is 400 g/mol. The van der Waals surface area contributed by atoms with Crippen molar-refractivity contribution >= 4 is 0 Å². The Bertz CT molecular complexity index is 853. The predicted molar refractivity (Wildman–Crippen MR) is 149 cm³/mol. The van der Waals surface area contributed by atoms with Gasteiger partial charge in [-0.15, -0.1) is 0 Å². The van der Waals surface area contributed by atoms with E-state index in [4.69, 9.17) is 0 Å². The van der Waals surface area contributed by atoms with Crippen LogP contribution in [0.4, 0.5) is 0 Å². The zero-order chi connectivity index (χ0) is 25.5. The van der Waals surface area contributed by atoms with E-state index in [0.717, 1.165) is 0 Å². The number of hydrogen-bond donors (Lipinski definition) is 0. The molecule has 0 saturated carbocycles. The molecule has 2 aromatic heterocycles. The first-order chi connectivity index (χ1) is 15.6. The van der Waals surface area contributed by atoms with Crippen molar-refractivity contribution in [2.75, 3.05) is 0 Å². The molecule has 0 aliphatic rings. The molecule has 184 valence electrons. The number of rotatable bonds is 6. The van der Waals surface area contributed by atoms with E-state index in [-0.39, 0.29) is 0 Å². The van der Waals surface area contributed by atoms with Crippen LogP contribution in [0.25, 0.3) is 11.4 Å². The van der Waals surface area contributed by atoms with Gasteiger partial charge in [0.1, 0.15) is 0 Å². The maximum absolute atomic E-state index is 2.50. The van der Waals surface area contributed by atoms with Gasteiger partial charge in [-0.3, -0.25) is 0 Å². The Morgan fingerprint density at radius 1 is 0.455 bits per heavy atom. The summed E-state index contributed by atoms with van der Waals surface area (Å²) in [7, 11) is 0. The summed E-state index contributed by atoms with van der Waals surface area (Å²) < 4.78 is 5.00. The van der Waals surface area contributed by atoms with E-state index in [2.05, 4.69) is 114 Å². The molecule has 0 unspecified atom stereocenters. The van der Waals surface area contributed by atoms with Crippen LogP contribution in [-0.2, 0) is 0 Å². The molecule has 0 aliphatic heterocycles. The highest BCUT2D eigenvalue weighted by Gasteiger charge is 2.21. The molecule has 33 heavy (non-hydrogen) atoms. The number of hydrogen-bond acceptors (Lipinski definition) is 0. The van der Waals surface area contributed by atoms with Crippen LogP contribution < -0.4 is 0 Å². The van der Waals surface area contributed by atoms with Gasteiger partial charge in [0.25, 0.3) is 0 Å². The molecule has 2 heteroatoms. The van der Waals surface area contributed by atoms with Gasteiger partial charge in [-0.2, -0.15) is 0 Å². The normalized spacial score (nSPS) is 11.1. The van der Waals surface area contributed by atoms with Crippen LogP contribution >= 0.6 is 0 Å². The first-order valence-corrected chi connectivity index (χ1v) is 13.2. The van der Waals surface area contributed by atoms with Crippen LogP contribution in [0.2, 0.25) is 0 Å². The number of aromatic nitrogens is 2. The van der Waals surface area contributed by atoms with E-state index < -0.39 is 0 Å². The summed E-state index contributed by atoms with van der Waals surface area (Å²) in [4.78, 5) is 0. The minimum absolute atomic E-state index is 0.481. The third kappa shape index (κ3) is 6.02. The Morgan fingerprint density at radius 2 is 0.697 bits per heavy atom. The summed E-state index contributed by atoms with van der Waals surface area (Å²) in [5, 5.41) is 0. The first-order valence-electron chi connectivity index (χ1n) is 13.2. The zero-order valence-corrected chi connectivity index (χ0v) is 23.7. The Hall–Kier alpha value is -2.22. The SMILES string of the molecule is CC.CC.Cc1c(-n2c(C(C)C)ccc2C(C)C)cccc1-n1c(C(C)C)ccc1C(C)C. The lowest BCUT2D eigenvalue weighted by Gasteiger charge is -2.24. The minimum atomic E-state index is 0.481. The third-order valence-electron chi connectivity index (χ3n) is 6.01. The van der Waals surface area contributed by atoms with E-state index in [1.165, 1.54) is 39.7 Å². The molecule has 3 rings (SSSR count). The fraction of sp³-hybridized carbons (Fsp3) is 0.548. The van der Waals surface area contributed by atoms with E-state index in [0.29, 0.717) is 23.7 Å². The van der Waals surface area contributed by atoms with Gasteiger partial charge < -0.3 is 9.13 Å². The molecule has 2 nitrogen and oxygen atoms in total. The molecule has 2 heterocycles. The summed E-state index contributed by atoms with van der Waals surface area (Å²) in [6, 6.07) is 16.0. The third-order valence-corrected chi connectivity index (χ3v) is 6.01. The van der Waals surface area contributed by atoms with Gasteiger partial charge in [-0.05, 0) is 72.6 Å². The van der Waals surface area contributed by atoms with Gasteiger partial charge >= 0.3 is 0 Å². The number of nitrogens with zero attached hydrogens (tertiary/aromatic N) is 2. The largest absolute Gasteiger partial charge is 0.317 e. The van der Waals surface area contributed by atoms with E-state index in [9.17, 15) is 0 Å². The fourth-order valence-corrected chi connectivity index (χ4v) is 4.39. The lowest BCUT2D eigenvalue weighted by atomic mass is 10.1. The van der Waals surface area contributed by atoms with Crippen LogP contribution in [0, 0.1) is 6.92 Å². The van der Waals surface area contributed by atoms with Crippen molar-refractivity contribution in [2.45, 2.75) is 114 Å². The lowest BCUT2D eigenvalue weighted by Crippen LogP contribution is -2.12. The van der Waals surface area contributed by atoms with Crippen LogP contribution in [0.3, 0.4) is 0 Å². The molecule has 0 saturated heterocycles. The summed E-state index contributed by atoms with van der Waals surface area (Å²) >= 11 is 0. The Balaban J connectivity index is 0.00000129. The molecule has 3 aromatic rings. The smallest absolute Gasteiger partial charge is 0.0505 e. The van der Waals surface area contributed by atoms with E-state index >= 15 is 0 Å². The van der Waals surface area contributed by atoms with Crippen molar-refractivity contribution in [3.05, 3.63) is 70.8 Å². The molecule has 0 N–H and O–H groups in total. The monoisotopic (exact) mass is 450 g/mol. The molecule has 0 radical (unpaired) electrons. The first kappa shape index (κ1) is 28.8. The summed E-state index contributed by atoms with van der Waals surface area (Å²) in [6.07, 6.45) is 0. The van der Waals surface area contributed by atoms with Crippen molar-refractivity contribution in [3.8, 4) is 11.4 Å². The average molecular weight is 451 g/mol. The second-order valence-electron chi connectivity index (χ2n) is 9.58. The maximum atomic E-state index is 2.50. The predicted octanol–water partition coefficient (Wildman–Crippen LogP) is 10.1. The number of benzene rings is 1. The highest BCUT2D eigenvalue weighted by molar-refractivity contribution is 5.57. The van der Waals surface area contributed by atoms with Crippen molar-refractivity contribution in [2.24, 2.45) is 0 Å². The quantitative estimate of drug-likeness (QED) is 0.353. The topological polar surface area (TPSA) is 9.86 Å². The molecule has 0 bridgehead atoms. The summed E-state index contributed by atoms with van der Waals surface area (Å²) in [5.41, 5.74) is 9.48. The van der Waals surface area contributed by atoms with Crippen molar-refractivity contribution in [1.82, 2.24) is 9.13 Å². The summed E-state index contributed by atoms with van der Waals surface area (Å²) in [5.74, 6) is 1.92. The molecular formula is C31H50N2. The molecule has 0 atom stereocenters. The van der Waals surface area contributed by atoms with Gasteiger partial charge in [-0.1, -0.05) is 89.2 Å². The van der Waals surface area contributed by atoms with Gasteiger partial charge in [-0.25, -0.2) is 0 Å². The zero-order valence-electron chi connectivity index (χ0n) is 23.7. The highest BCUT2D eigenvalue weighted by atomic mass is 15.0. The fourth-order valence-electron chi connectivity index (χ4n) is 4.39. The van der Waals surface area contributed by atoms with Crippen molar-refractivity contribution in [3.63, 3.8) is 0 Å². The summed E-state index contributed by atoms with van der Waals surface area (Å²) in [6.45, 7) is 28.6. The molecule has 0 fully saturated rings. The van der Waals surface area contributed by atoms with Crippen LogP contribution in [0.15, 0.2) is 42.5 Å². The second-order valence-corrected chi connectivity index (χ2v) is 9.58. The van der Waals surface area contributed by atoms with Gasteiger partial charge in [0.15, 0.2) is 0 Å². The van der Waals surface area contributed by atoms with E-state index in [1.54, 1.807) is 0 Å². The van der Waals surface area contributed by atoms with Gasteiger partial charge in [0.05, 0.1) is 11.4 Å². The molecule has 0 spiro atoms. The molecule has 0 amide bonds. The van der Waals surface area contributed by atoms with E-state index in [1.807, 2.05) is 27.7 Å². The van der Waals surface area contributed by atoms with Crippen LogP contribution in [0.5, 0.6) is 0 Å². The van der Waals surface area contributed by atoms with Crippen molar-refractivity contribution < 1.29 is 0 Å².